The lowest BCUT2D eigenvalue weighted by atomic mass is 10.2. The zero-order valence-corrected chi connectivity index (χ0v) is 14.6. The van der Waals surface area contributed by atoms with Crippen molar-refractivity contribution in [3.05, 3.63) is 47.5 Å². The molecule has 1 aliphatic rings. The monoisotopic (exact) mass is 364 g/mol. The molecule has 1 atom stereocenters. The molecule has 1 aromatic carbocycles. The average molecular weight is 365 g/mol. The van der Waals surface area contributed by atoms with Crippen LogP contribution in [0.2, 0.25) is 5.02 Å². The molecule has 0 aliphatic carbocycles. The molecule has 2 N–H and O–H groups in total. The van der Waals surface area contributed by atoms with E-state index in [1.54, 1.807) is 18.5 Å². The fourth-order valence-corrected chi connectivity index (χ4v) is 3.11. The Hall–Kier alpha value is -2.25. The maximum atomic E-state index is 13.1. The molecule has 8 heteroatoms. The third kappa shape index (κ3) is 4.24. The van der Waals surface area contributed by atoms with Crippen molar-refractivity contribution in [1.82, 2.24) is 9.97 Å². The second kappa shape index (κ2) is 7.76. The smallest absolute Gasteiger partial charge is 0.282 e. The molecule has 132 valence electrons. The number of rotatable bonds is 4. The van der Waals surface area contributed by atoms with Crippen LogP contribution in [0.5, 0.6) is 0 Å². The van der Waals surface area contributed by atoms with E-state index in [1.165, 1.54) is 23.1 Å². The molecule has 0 bridgehead atoms. The molecule has 0 saturated carbocycles. The number of carbonyl (C=O) groups excluding carboxylic acids is 1. The second-order valence-electron chi connectivity index (χ2n) is 6.03. The van der Waals surface area contributed by atoms with Crippen LogP contribution in [0.15, 0.2) is 36.7 Å². The van der Waals surface area contributed by atoms with E-state index in [4.69, 9.17) is 11.6 Å². The van der Waals surface area contributed by atoms with E-state index in [0.29, 0.717) is 5.69 Å². The lowest BCUT2D eigenvalue weighted by Crippen LogP contribution is -3.19. The van der Waals surface area contributed by atoms with E-state index < -0.39 is 5.82 Å². The van der Waals surface area contributed by atoms with Crippen molar-refractivity contribution in [3.63, 3.8) is 0 Å². The van der Waals surface area contributed by atoms with Gasteiger partial charge in [-0.25, -0.2) is 14.4 Å². The number of anilines is 2. The van der Waals surface area contributed by atoms with E-state index in [0.717, 1.165) is 32.1 Å². The molecule has 1 amide bonds. The lowest BCUT2D eigenvalue weighted by molar-refractivity contribution is -0.914. The van der Waals surface area contributed by atoms with Crippen LogP contribution < -0.4 is 15.1 Å². The van der Waals surface area contributed by atoms with Crippen molar-refractivity contribution in [1.29, 1.82) is 0 Å². The highest BCUT2D eigenvalue weighted by Gasteiger charge is 2.30. The Morgan fingerprint density at radius 3 is 2.64 bits per heavy atom. The number of hydrogen-bond acceptors (Lipinski definition) is 4. The first-order valence-electron chi connectivity index (χ1n) is 8.17. The largest absolute Gasteiger partial charge is 0.330 e. The zero-order valence-electron chi connectivity index (χ0n) is 13.9. The summed E-state index contributed by atoms with van der Waals surface area (Å²) in [5, 5.41) is 2.98. The molecular formula is C17H20ClFN5O+. The topological polar surface area (TPSA) is 62.6 Å². The molecule has 1 fully saturated rings. The standard InChI is InChI=1S/C17H19ClFN5O/c1-12(16(25)22-15-4-3-13(19)11-14(15)18)23-7-9-24(10-8-23)17-20-5-2-6-21-17/h2-6,11-12H,7-10H2,1H3,(H,22,25)/p+1/t12-/m0/s1. The number of amides is 1. The summed E-state index contributed by atoms with van der Waals surface area (Å²) in [7, 11) is 0. The van der Waals surface area contributed by atoms with Crippen molar-refractivity contribution < 1.29 is 14.1 Å². The molecule has 0 spiro atoms. The minimum Gasteiger partial charge on any atom is -0.330 e. The predicted octanol–water partition coefficient (Wildman–Crippen LogP) is 1.00. The molecule has 2 aromatic rings. The zero-order chi connectivity index (χ0) is 17.8. The lowest BCUT2D eigenvalue weighted by Gasteiger charge is -2.34. The van der Waals surface area contributed by atoms with Gasteiger partial charge in [-0.3, -0.25) is 4.79 Å². The molecule has 2 heterocycles. The molecule has 0 radical (unpaired) electrons. The van der Waals surface area contributed by atoms with Crippen LogP contribution in [-0.4, -0.2) is 48.1 Å². The summed E-state index contributed by atoms with van der Waals surface area (Å²) in [6.07, 6.45) is 3.45. The van der Waals surface area contributed by atoms with Gasteiger partial charge in [-0.05, 0) is 31.2 Å². The maximum absolute atomic E-state index is 13.1. The van der Waals surface area contributed by atoms with E-state index >= 15 is 0 Å². The fraction of sp³-hybridized carbons (Fsp3) is 0.353. The molecule has 1 saturated heterocycles. The minimum absolute atomic E-state index is 0.132. The van der Waals surface area contributed by atoms with Gasteiger partial charge in [-0.15, -0.1) is 0 Å². The number of nitrogens with one attached hydrogen (secondary N) is 2. The Morgan fingerprint density at radius 1 is 1.32 bits per heavy atom. The third-order valence-corrected chi connectivity index (χ3v) is 4.75. The van der Waals surface area contributed by atoms with Crippen molar-refractivity contribution in [2.45, 2.75) is 13.0 Å². The van der Waals surface area contributed by atoms with Gasteiger partial charge in [0.05, 0.1) is 36.9 Å². The first-order chi connectivity index (χ1) is 12.0. The highest BCUT2D eigenvalue weighted by atomic mass is 35.5. The number of nitrogens with zero attached hydrogens (tertiary/aromatic N) is 3. The Kier molecular flexibility index (Phi) is 5.45. The van der Waals surface area contributed by atoms with Crippen LogP contribution in [0, 0.1) is 5.82 Å². The molecule has 6 nitrogen and oxygen atoms in total. The number of benzene rings is 1. The van der Waals surface area contributed by atoms with Crippen LogP contribution in [-0.2, 0) is 4.79 Å². The number of hydrogen-bond donors (Lipinski definition) is 2. The molecular weight excluding hydrogens is 345 g/mol. The second-order valence-corrected chi connectivity index (χ2v) is 6.44. The number of carbonyl (C=O) groups is 1. The quantitative estimate of drug-likeness (QED) is 0.849. The van der Waals surface area contributed by atoms with Crippen LogP contribution in [0.3, 0.4) is 0 Å². The Bertz CT molecular complexity index is 737. The van der Waals surface area contributed by atoms with Crippen molar-refractivity contribution >= 4 is 29.1 Å². The Labute approximate surface area is 150 Å². The van der Waals surface area contributed by atoms with Gasteiger partial charge < -0.3 is 15.1 Å². The Balaban J connectivity index is 1.56. The van der Waals surface area contributed by atoms with Gasteiger partial charge in [0.25, 0.3) is 5.91 Å². The van der Waals surface area contributed by atoms with Crippen molar-refractivity contribution in [3.8, 4) is 0 Å². The molecule has 0 unspecified atom stereocenters. The van der Waals surface area contributed by atoms with E-state index in [2.05, 4.69) is 20.2 Å². The normalized spacial score (nSPS) is 16.5. The summed E-state index contributed by atoms with van der Waals surface area (Å²) in [6, 6.07) is 5.49. The highest BCUT2D eigenvalue weighted by molar-refractivity contribution is 6.33. The minimum atomic E-state index is -0.430. The molecule has 1 aromatic heterocycles. The summed E-state index contributed by atoms with van der Waals surface area (Å²) in [4.78, 5) is 24.3. The van der Waals surface area contributed by atoms with E-state index in [9.17, 15) is 9.18 Å². The van der Waals surface area contributed by atoms with Crippen LogP contribution in [0.25, 0.3) is 0 Å². The first kappa shape index (κ1) is 17.6. The maximum Gasteiger partial charge on any atom is 0.282 e. The van der Waals surface area contributed by atoms with Gasteiger partial charge in [0.1, 0.15) is 5.82 Å². The summed E-state index contributed by atoms with van der Waals surface area (Å²) >= 11 is 5.97. The first-order valence-corrected chi connectivity index (χ1v) is 8.55. The summed E-state index contributed by atoms with van der Waals surface area (Å²) in [6.45, 7) is 5.08. The van der Waals surface area contributed by atoms with E-state index in [-0.39, 0.29) is 17.0 Å². The predicted molar refractivity (Wildman–Crippen MR) is 94.4 cm³/mol. The number of aromatic nitrogens is 2. The van der Waals surface area contributed by atoms with Gasteiger partial charge in [0.15, 0.2) is 6.04 Å². The summed E-state index contributed by atoms with van der Waals surface area (Å²) in [5.41, 5.74) is 0.427. The average Bonchev–Trinajstić information content (AvgIpc) is 2.64. The number of quaternary nitrogens is 1. The summed E-state index contributed by atoms with van der Waals surface area (Å²) < 4.78 is 13.1. The van der Waals surface area contributed by atoms with Crippen LogP contribution >= 0.6 is 11.6 Å². The fourth-order valence-electron chi connectivity index (χ4n) is 2.90. The molecule has 25 heavy (non-hydrogen) atoms. The van der Waals surface area contributed by atoms with Crippen LogP contribution in [0.1, 0.15) is 6.92 Å². The van der Waals surface area contributed by atoms with Gasteiger partial charge >= 0.3 is 0 Å². The number of halogens is 2. The van der Waals surface area contributed by atoms with Gasteiger partial charge in [-0.2, -0.15) is 0 Å². The van der Waals surface area contributed by atoms with Crippen LogP contribution in [0.4, 0.5) is 16.0 Å². The van der Waals surface area contributed by atoms with Crippen molar-refractivity contribution in [2.75, 3.05) is 36.4 Å². The van der Waals surface area contributed by atoms with Gasteiger partial charge in [-0.1, -0.05) is 11.6 Å². The summed E-state index contributed by atoms with van der Waals surface area (Å²) in [5.74, 6) is 0.158. The SMILES string of the molecule is C[C@@H](C(=O)Nc1ccc(F)cc1Cl)[NH+]1CCN(c2ncccn2)CC1. The molecule has 3 rings (SSSR count). The van der Waals surface area contributed by atoms with Crippen molar-refractivity contribution in [2.24, 2.45) is 0 Å². The van der Waals surface area contributed by atoms with Gasteiger partial charge in [0, 0.05) is 12.4 Å². The Morgan fingerprint density at radius 2 is 2.00 bits per heavy atom. The number of piperazine rings is 1. The highest BCUT2D eigenvalue weighted by Crippen LogP contribution is 2.22. The van der Waals surface area contributed by atoms with E-state index in [1.807, 2.05) is 6.92 Å². The molecule has 1 aliphatic heterocycles. The van der Waals surface area contributed by atoms with Gasteiger partial charge in [0.2, 0.25) is 5.95 Å². The third-order valence-electron chi connectivity index (χ3n) is 4.44.